The van der Waals surface area contributed by atoms with Crippen molar-refractivity contribution in [2.75, 3.05) is 5.75 Å². The van der Waals surface area contributed by atoms with E-state index in [1.54, 1.807) is 0 Å². The van der Waals surface area contributed by atoms with E-state index in [9.17, 15) is 4.79 Å². The molecule has 0 atom stereocenters. The molecule has 0 aliphatic carbocycles. The first kappa shape index (κ1) is 14.2. The number of halogens is 1. The van der Waals surface area contributed by atoms with E-state index >= 15 is 0 Å². The number of carbonyl (C=O) groups is 1. The summed E-state index contributed by atoms with van der Waals surface area (Å²) in [6, 6.07) is 13.5. The van der Waals surface area contributed by atoms with Gasteiger partial charge >= 0.3 is 0 Å². The second-order valence-corrected chi connectivity index (χ2v) is 5.97. The molecule has 98 valence electrons. The molecule has 0 amide bonds. The number of thioether (sulfide) groups is 1. The van der Waals surface area contributed by atoms with Gasteiger partial charge in [0.2, 0.25) is 0 Å². The molecule has 19 heavy (non-hydrogen) atoms. The maximum atomic E-state index is 12.2. The Morgan fingerprint density at radius 3 is 2.47 bits per heavy atom. The van der Waals surface area contributed by atoms with Crippen molar-refractivity contribution in [1.29, 1.82) is 0 Å². The van der Waals surface area contributed by atoms with Gasteiger partial charge in [-0.3, -0.25) is 4.79 Å². The Balaban J connectivity index is 2.05. The minimum Gasteiger partial charge on any atom is -0.293 e. The Bertz CT molecular complexity index is 590. The van der Waals surface area contributed by atoms with Gasteiger partial charge in [0.05, 0.1) is 5.75 Å². The van der Waals surface area contributed by atoms with E-state index in [4.69, 9.17) is 11.6 Å². The van der Waals surface area contributed by atoms with E-state index in [-0.39, 0.29) is 5.78 Å². The molecule has 1 nitrogen and oxygen atoms in total. The van der Waals surface area contributed by atoms with Gasteiger partial charge in [-0.25, -0.2) is 0 Å². The Morgan fingerprint density at radius 1 is 1.11 bits per heavy atom. The number of hydrogen-bond donors (Lipinski definition) is 0. The standard InChI is InChI=1S/C16H15ClOS/c1-11-3-4-12(2)15(9-11)16(18)10-19-14-7-5-13(17)6-8-14/h3-9H,10H2,1-2H3. The molecule has 0 aliphatic rings. The van der Waals surface area contributed by atoms with E-state index in [0.717, 1.165) is 21.6 Å². The summed E-state index contributed by atoms with van der Waals surface area (Å²) in [4.78, 5) is 13.3. The van der Waals surface area contributed by atoms with Crippen molar-refractivity contribution >= 4 is 29.1 Å². The molecule has 0 N–H and O–H groups in total. The van der Waals surface area contributed by atoms with Crippen molar-refractivity contribution < 1.29 is 4.79 Å². The second-order valence-electron chi connectivity index (χ2n) is 4.48. The third kappa shape index (κ3) is 3.85. The van der Waals surface area contributed by atoms with Gasteiger partial charge in [0, 0.05) is 15.5 Å². The molecule has 0 fully saturated rings. The molecule has 2 aromatic rings. The monoisotopic (exact) mass is 290 g/mol. The SMILES string of the molecule is Cc1ccc(C)c(C(=O)CSc2ccc(Cl)cc2)c1. The molecule has 0 aliphatic heterocycles. The number of carbonyl (C=O) groups excluding carboxylic acids is 1. The fraction of sp³-hybridized carbons (Fsp3) is 0.188. The van der Waals surface area contributed by atoms with Crippen LogP contribution in [0.5, 0.6) is 0 Å². The quantitative estimate of drug-likeness (QED) is 0.586. The lowest BCUT2D eigenvalue weighted by Gasteiger charge is -2.06. The maximum Gasteiger partial charge on any atom is 0.173 e. The molecule has 0 bridgehead atoms. The van der Waals surface area contributed by atoms with Crippen LogP contribution in [0.1, 0.15) is 21.5 Å². The summed E-state index contributed by atoms with van der Waals surface area (Å²) in [5, 5.41) is 0.713. The van der Waals surface area contributed by atoms with Gasteiger partial charge in [0.15, 0.2) is 5.78 Å². The van der Waals surface area contributed by atoms with Crippen LogP contribution in [0, 0.1) is 13.8 Å². The van der Waals surface area contributed by atoms with Crippen molar-refractivity contribution in [3.63, 3.8) is 0 Å². The molecule has 2 aromatic carbocycles. The highest BCUT2D eigenvalue weighted by Crippen LogP contribution is 2.22. The molecule has 0 saturated carbocycles. The minimum absolute atomic E-state index is 0.168. The predicted molar refractivity (Wildman–Crippen MR) is 82.4 cm³/mol. The highest BCUT2D eigenvalue weighted by Gasteiger charge is 2.09. The van der Waals surface area contributed by atoms with Gasteiger partial charge in [-0.15, -0.1) is 11.8 Å². The number of hydrogen-bond acceptors (Lipinski definition) is 2. The first-order valence-corrected chi connectivity index (χ1v) is 7.41. The number of Topliss-reactive ketones (excluding diaryl/α,β-unsaturated/α-hetero) is 1. The van der Waals surface area contributed by atoms with Gasteiger partial charge in [-0.1, -0.05) is 29.3 Å². The largest absolute Gasteiger partial charge is 0.293 e. The molecule has 0 radical (unpaired) electrons. The van der Waals surface area contributed by atoms with Crippen LogP contribution in [0.25, 0.3) is 0 Å². The zero-order valence-electron chi connectivity index (χ0n) is 10.9. The van der Waals surface area contributed by atoms with Crippen LogP contribution in [0.3, 0.4) is 0 Å². The molecular formula is C16H15ClOS. The molecule has 3 heteroatoms. The second kappa shape index (κ2) is 6.27. The number of rotatable bonds is 4. The highest BCUT2D eigenvalue weighted by atomic mass is 35.5. The Labute approximate surface area is 123 Å². The summed E-state index contributed by atoms with van der Waals surface area (Å²) >= 11 is 7.37. The van der Waals surface area contributed by atoms with Gasteiger partial charge in [0.25, 0.3) is 0 Å². The van der Waals surface area contributed by atoms with E-state index in [1.807, 2.05) is 56.3 Å². The molecule has 0 unspecified atom stereocenters. The smallest absolute Gasteiger partial charge is 0.173 e. The lowest BCUT2D eigenvalue weighted by atomic mass is 10.0. The Hall–Kier alpha value is -1.25. The zero-order valence-corrected chi connectivity index (χ0v) is 12.5. The summed E-state index contributed by atoms with van der Waals surface area (Å²) in [5.74, 6) is 0.618. The summed E-state index contributed by atoms with van der Waals surface area (Å²) in [6.07, 6.45) is 0. The van der Waals surface area contributed by atoms with Crippen molar-refractivity contribution in [1.82, 2.24) is 0 Å². The van der Waals surface area contributed by atoms with E-state index in [2.05, 4.69) is 0 Å². The van der Waals surface area contributed by atoms with Crippen molar-refractivity contribution in [3.05, 3.63) is 64.2 Å². The van der Waals surface area contributed by atoms with E-state index < -0.39 is 0 Å². The lowest BCUT2D eigenvalue weighted by molar-refractivity contribution is 0.102. The van der Waals surface area contributed by atoms with Crippen LogP contribution in [0.15, 0.2) is 47.4 Å². The van der Waals surface area contributed by atoms with Crippen molar-refractivity contribution in [3.8, 4) is 0 Å². The highest BCUT2D eigenvalue weighted by molar-refractivity contribution is 8.00. The van der Waals surface area contributed by atoms with E-state index in [0.29, 0.717) is 10.8 Å². The first-order valence-electron chi connectivity index (χ1n) is 6.05. The third-order valence-corrected chi connectivity index (χ3v) is 4.14. The Morgan fingerprint density at radius 2 is 1.79 bits per heavy atom. The van der Waals surface area contributed by atoms with Crippen LogP contribution < -0.4 is 0 Å². The van der Waals surface area contributed by atoms with Crippen molar-refractivity contribution in [2.24, 2.45) is 0 Å². The van der Waals surface area contributed by atoms with Gasteiger partial charge in [-0.05, 0) is 49.7 Å². The molecular weight excluding hydrogens is 276 g/mol. The number of aryl methyl sites for hydroxylation is 2. The van der Waals surface area contributed by atoms with Gasteiger partial charge in [0.1, 0.15) is 0 Å². The van der Waals surface area contributed by atoms with Crippen molar-refractivity contribution in [2.45, 2.75) is 18.7 Å². The maximum absolute atomic E-state index is 12.2. The average molecular weight is 291 g/mol. The third-order valence-electron chi connectivity index (χ3n) is 2.88. The topological polar surface area (TPSA) is 17.1 Å². The summed E-state index contributed by atoms with van der Waals surface area (Å²) in [5.41, 5.74) is 2.97. The number of benzene rings is 2. The molecule has 0 saturated heterocycles. The number of ketones is 1. The van der Waals surface area contributed by atoms with Gasteiger partial charge < -0.3 is 0 Å². The first-order chi connectivity index (χ1) is 9.06. The average Bonchev–Trinajstić information content (AvgIpc) is 2.40. The van der Waals surface area contributed by atoms with E-state index in [1.165, 1.54) is 11.8 Å². The predicted octanol–water partition coefficient (Wildman–Crippen LogP) is 4.93. The molecule has 2 rings (SSSR count). The minimum atomic E-state index is 0.168. The summed E-state index contributed by atoms with van der Waals surface area (Å²) in [6.45, 7) is 3.97. The summed E-state index contributed by atoms with van der Waals surface area (Å²) in [7, 11) is 0. The fourth-order valence-electron chi connectivity index (χ4n) is 1.79. The Kier molecular flexibility index (Phi) is 4.67. The molecule has 0 spiro atoms. The fourth-order valence-corrected chi connectivity index (χ4v) is 2.70. The molecule has 0 heterocycles. The van der Waals surface area contributed by atoms with Crippen LogP contribution in [-0.4, -0.2) is 11.5 Å². The summed E-state index contributed by atoms with van der Waals surface area (Å²) < 4.78 is 0. The lowest BCUT2D eigenvalue weighted by Crippen LogP contribution is -2.05. The molecule has 0 aromatic heterocycles. The normalized spacial score (nSPS) is 10.5. The van der Waals surface area contributed by atoms with Crippen LogP contribution in [0.4, 0.5) is 0 Å². The van der Waals surface area contributed by atoms with Crippen LogP contribution in [0.2, 0.25) is 5.02 Å². The van der Waals surface area contributed by atoms with Crippen LogP contribution in [-0.2, 0) is 0 Å². The zero-order chi connectivity index (χ0) is 13.8. The van der Waals surface area contributed by atoms with Gasteiger partial charge in [-0.2, -0.15) is 0 Å². The van der Waals surface area contributed by atoms with Crippen LogP contribution >= 0.6 is 23.4 Å².